The van der Waals surface area contributed by atoms with Crippen LogP contribution in [0.1, 0.15) is 12.8 Å². The van der Waals surface area contributed by atoms with E-state index in [0.717, 1.165) is 17.3 Å². The Kier molecular flexibility index (Phi) is 3.14. The Morgan fingerprint density at radius 1 is 1.35 bits per heavy atom. The average Bonchev–Trinajstić information content (AvgIpc) is 3.04. The number of likely N-dealkylation sites (tertiary alicyclic amines) is 1. The van der Waals surface area contributed by atoms with Crippen molar-refractivity contribution < 1.29 is 14.7 Å². The summed E-state index contributed by atoms with van der Waals surface area (Å²) in [7, 11) is 0. The molecule has 0 radical (unpaired) electrons. The molecule has 0 spiro atoms. The largest absolute Gasteiger partial charge is 0.480 e. The molecule has 20 heavy (non-hydrogen) atoms. The van der Waals surface area contributed by atoms with Gasteiger partial charge in [-0.2, -0.15) is 5.10 Å². The third-order valence-corrected chi connectivity index (χ3v) is 3.62. The molecular weight excluding hydrogens is 258 g/mol. The van der Waals surface area contributed by atoms with Crippen molar-refractivity contribution in [1.82, 2.24) is 14.7 Å². The molecular formula is C14H15N3O3. The molecule has 1 aliphatic heterocycles. The summed E-state index contributed by atoms with van der Waals surface area (Å²) in [5, 5.41) is 14.4. The fourth-order valence-corrected chi connectivity index (χ4v) is 2.65. The second-order valence-corrected chi connectivity index (χ2v) is 4.97. The van der Waals surface area contributed by atoms with Gasteiger partial charge in [0.15, 0.2) is 0 Å². The number of carbonyl (C=O) groups is 2. The molecule has 0 aliphatic carbocycles. The van der Waals surface area contributed by atoms with Crippen molar-refractivity contribution in [3.05, 3.63) is 30.5 Å². The number of hydrogen-bond donors (Lipinski definition) is 1. The molecule has 2 heterocycles. The minimum absolute atomic E-state index is 0.0818. The number of benzene rings is 1. The maximum absolute atomic E-state index is 12.2. The summed E-state index contributed by atoms with van der Waals surface area (Å²) < 4.78 is 1.57. The highest BCUT2D eigenvalue weighted by molar-refractivity contribution is 5.84. The molecule has 3 rings (SSSR count). The van der Waals surface area contributed by atoms with Crippen LogP contribution in [-0.2, 0) is 16.1 Å². The van der Waals surface area contributed by atoms with Crippen molar-refractivity contribution in [2.75, 3.05) is 6.54 Å². The molecule has 1 saturated heterocycles. The fourth-order valence-electron chi connectivity index (χ4n) is 2.65. The minimum atomic E-state index is -0.929. The predicted octanol–water partition coefficient (Wildman–Crippen LogP) is 1.11. The number of aliphatic carboxylic acids is 1. The summed E-state index contributed by atoms with van der Waals surface area (Å²) in [6, 6.07) is 6.93. The molecule has 1 amide bonds. The number of nitrogens with zero attached hydrogens (tertiary/aromatic N) is 3. The van der Waals surface area contributed by atoms with Crippen LogP contribution in [-0.4, -0.2) is 44.3 Å². The molecule has 1 atom stereocenters. The van der Waals surface area contributed by atoms with E-state index in [2.05, 4.69) is 5.10 Å². The zero-order chi connectivity index (χ0) is 14.1. The Bertz CT molecular complexity index is 631. The molecule has 0 saturated carbocycles. The van der Waals surface area contributed by atoms with Crippen LogP contribution in [0.5, 0.6) is 0 Å². The fraction of sp³-hybridized carbons (Fsp3) is 0.357. The first-order valence-electron chi connectivity index (χ1n) is 6.59. The normalized spacial score (nSPS) is 18.6. The van der Waals surface area contributed by atoms with Crippen molar-refractivity contribution in [2.24, 2.45) is 0 Å². The van der Waals surface area contributed by atoms with Gasteiger partial charge in [0.1, 0.15) is 12.6 Å². The van der Waals surface area contributed by atoms with Crippen molar-refractivity contribution in [1.29, 1.82) is 0 Å². The van der Waals surface area contributed by atoms with E-state index in [4.69, 9.17) is 5.11 Å². The zero-order valence-corrected chi connectivity index (χ0v) is 10.9. The van der Waals surface area contributed by atoms with E-state index >= 15 is 0 Å². The van der Waals surface area contributed by atoms with Crippen LogP contribution < -0.4 is 0 Å². The van der Waals surface area contributed by atoms with Gasteiger partial charge in [0.25, 0.3) is 0 Å². The average molecular weight is 273 g/mol. The third kappa shape index (κ3) is 2.24. The third-order valence-electron chi connectivity index (χ3n) is 3.62. The number of carboxylic acid groups (broad SMARTS) is 1. The Morgan fingerprint density at radius 2 is 2.15 bits per heavy atom. The Labute approximate surface area is 115 Å². The summed E-state index contributed by atoms with van der Waals surface area (Å²) in [6.07, 6.45) is 3.07. The maximum atomic E-state index is 12.2. The van der Waals surface area contributed by atoms with Gasteiger partial charge in [-0.3, -0.25) is 9.48 Å². The first-order valence-corrected chi connectivity index (χ1v) is 6.59. The van der Waals surface area contributed by atoms with Gasteiger partial charge in [-0.15, -0.1) is 0 Å². The number of aromatic nitrogens is 2. The lowest BCUT2D eigenvalue weighted by molar-refractivity contribution is -0.148. The van der Waals surface area contributed by atoms with Gasteiger partial charge in [-0.05, 0) is 18.9 Å². The molecule has 6 heteroatoms. The first-order chi connectivity index (χ1) is 9.65. The van der Waals surface area contributed by atoms with Crippen molar-refractivity contribution in [2.45, 2.75) is 25.4 Å². The van der Waals surface area contributed by atoms with Crippen LogP contribution in [0.15, 0.2) is 30.5 Å². The molecule has 6 nitrogen and oxygen atoms in total. The quantitative estimate of drug-likeness (QED) is 0.909. The lowest BCUT2D eigenvalue weighted by Crippen LogP contribution is -2.42. The summed E-state index contributed by atoms with van der Waals surface area (Å²) in [5.41, 5.74) is 0.830. The maximum Gasteiger partial charge on any atom is 0.326 e. The summed E-state index contributed by atoms with van der Waals surface area (Å²) >= 11 is 0. The Hall–Kier alpha value is -2.37. The molecule has 104 valence electrons. The van der Waals surface area contributed by atoms with Gasteiger partial charge in [-0.25, -0.2) is 4.79 Å². The summed E-state index contributed by atoms with van der Waals surface area (Å²) in [5.74, 6) is -1.12. The lowest BCUT2D eigenvalue weighted by Gasteiger charge is -2.21. The van der Waals surface area contributed by atoms with Crippen LogP contribution in [0.3, 0.4) is 0 Å². The second kappa shape index (κ2) is 4.96. The van der Waals surface area contributed by atoms with Crippen molar-refractivity contribution in [3.8, 4) is 0 Å². The summed E-state index contributed by atoms with van der Waals surface area (Å²) in [6.45, 7) is 0.592. The standard InChI is InChI=1S/C14H15N3O3/c18-13(17-7-3-6-12(17)14(19)20)9-16-8-10-4-1-2-5-11(10)15-16/h1-2,4-5,8,12H,3,6-7,9H2,(H,19,20)/t12-/m1/s1. The van der Waals surface area contributed by atoms with E-state index in [1.54, 1.807) is 10.9 Å². The Balaban J connectivity index is 1.76. The zero-order valence-electron chi connectivity index (χ0n) is 10.9. The van der Waals surface area contributed by atoms with Gasteiger partial charge in [0.2, 0.25) is 5.91 Å². The summed E-state index contributed by atoms with van der Waals surface area (Å²) in [4.78, 5) is 24.7. The highest BCUT2D eigenvalue weighted by Crippen LogP contribution is 2.18. The van der Waals surface area contributed by atoms with Gasteiger partial charge < -0.3 is 10.0 Å². The second-order valence-electron chi connectivity index (χ2n) is 4.97. The number of fused-ring (bicyclic) bond motifs is 1. The van der Waals surface area contributed by atoms with E-state index in [1.165, 1.54) is 4.90 Å². The Morgan fingerprint density at radius 3 is 2.90 bits per heavy atom. The van der Waals surface area contributed by atoms with Gasteiger partial charge in [-0.1, -0.05) is 18.2 Å². The predicted molar refractivity (Wildman–Crippen MR) is 72.1 cm³/mol. The molecule has 1 N–H and O–H groups in total. The van der Waals surface area contributed by atoms with Crippen LogP contribution in [0.25, 0.3) is 10.9 Å². The molecule has 0 unspecified atom stereocenters. The van der Waals surface area contributed by atoms with Gasteiger partial charge in [0.05, 0.1) is 5.52 Å². The number of carbonyl (C=O) groups excluding carboxylic acids is 1. The monoisotopic (exact) mass is 273 g/mol. The molecule has 1 aliphatic rings. The lowest BCUT2D eigenvalue weighted by atomic mass is 10.2. The van der Waals surface area contributed by atoms with Gasteiger partial charge in [0, 0.05) is 18.1 Å². The molecule has 1 fully saturated rings. The van der Waals surface area contributed by atoms with E-state index in [9.17, 15) is 9.59 Å². The number of rotatable bonds is 3. The minimum Gasteiger partial charge on any atom is -0.480 e. The molecule has 0 bridgehead atoms. The number of hydrogen-bond acceptors (Lipinski definition) is 3. The van der Waals surface area contributed by atoms with Crippen LogP contribution >= 0.6 is 0 Å². The SMILES string of the molecule is O=C(O)[C@H]1CCCN1C(=O)Cn1cc2ccccc2n1. The van der Waals surface area contributed by atoms with Crippen LogP contribution in [0, 0.1) is 0 Å². The van der Waals surface area contributed by atoms with E-state index in [1.807, 2.05) is 24.3 Å². The van der Waals surface area contributed by atoms with E-state index in [-0.39, 0.29) is 12.5 Å². The molecule has 1 aromatic heterocycles. The van der Waals surface area contributed by atoms with E-state index in [0.29, 0.717) is 13.0 Å². The first kappa shape index (κ1) is 12.7. The highest BCUT2D eigenvalue weighted by atomic mass is 16.4. The number of carboxylic acids is 1. The topological polar surface area (TPSA) is 75.4 Å². The van der Waals surface area contributed by atoms with Crippen LogP contribution in [0.2, 0.25) is 0 Å². The molecule has 2 aromatic rings. The van der Waals surface area contributed by atoms with Crippen LogP contribution in [0.4, 0.5) is 0 Å². The smallest absolute Gasteiger partial charge is 0.326 e. The van der Waals surface area contributed by atoms with E-state index < -0.39 is 12.0 Å². The van der Waals surface area contributed by atoms with Crippen molar-refractivity contribution >= 4 is 22.8 Å². The highest BCUT2D eigenvalue weighted by Gasteiger charge is 2.33. The van der Waals surface area contributed by atoms with Gasteiger partial charge >= 0.3 is 5.97 Å². The number of amides is 1. The molecule has 1 aromatic carbocycles. The van der Waals surface area contributed by atoms with Crippen molar-refractivity contribution in [3.63, 3.8) is 0 Å².